The Morgan fingerprint density at radius 1 is 1.50 bits per heavy atom. The molecular weight excluding hydrogens is 242 g/mol. The van der Waals surface area contributed by atoms with Gasteiger partial charge in [-0.1, -0.05) is 12.1 Å². The summed E-state index contributed by atoms with van der Waals surface area (Å²) in [4.78, 5) is 10.8. The van der Waals surface area contributed by atoms with Crippen LogP contribution in [0.4, 0.5) is 0 Å². The van der Waals surface area contributed by atoms with Crippen molar-refractivity contribution in [3.63, 3.8) is 0 Å². The van der Waals surface area contributed by atoms with E-state index in [4.69, 9.17) is 9.92 Å². The Labute approximate surface area is 81.7 Å². The van der Waals surface area contributed by atoms with Crippen LogP contribution in [0.15, 0.2) is 24.3 Å². The first kappa shape index (κ1) is 9.41. The SMILES string of the molecule is NC(=O)c1ccccc1OSBr. The van der Waals surface area contributed by atoms with Crippen molar-refractivity contribution in [2.45, 2.75) is 0 Å². The van der Waals surface area contributed by atoms with Crippen LogP contribution in [-0.4, -0.2) is 5.91 Å². The summed E-state index contributed by atoms with van der Waals surface area (Å²) in [6.45, 7) is 0. The van der Waals surface area contributed by atoms with E-state index in [0.717, 1.165) is 10.5 Å². The number of benzene rings is 1. The predicted molar refractivity (Wildman–Crippen MR) is 52.1 cm³/mol. The Hall–Kier alpha value is -0.680. The molecule has 0 aromatic heterocycles. The van der Waals surface area contributed by atoms with Crippen molar-refractivity contribution in [1.82, 2.24) is 0 Å². The molecule has 0 radical (unpaired) electrons. The van der Waals surface area contributed by atoms with Crippen LogP contribution in [0, 0.1) is 0 Å². The van der Waals surface area contributed by atoms with Crippen molar-refractivity contribution in [2.75, 3.05) is 0 Å². The number of carbonyl (C=O) groups is 1. The normalized spacial score (nSPS) is 9.42. The minimum absolute atomic E-state index is 0.379. The molecule has 3 nitrogen and oxygen atoms in total. The lowest BCUT2D eigenvalue weighted by Crippen LogP contribution is -2.11. The second kappa shape index (κ2) is 4.37. The van der Waals surface area contributed by atoms with Crippen LogP contribution in [0.25, 0.3) is 0 Å². The maximum absolute atomic E-state index is 10.8. The van der Waals surface area contributed by atoms with E-state index < -0.39 is 5.91 Å². The largest absolute Gasteiger partial charge is 0.413 e. The van der Waals surface area contributed by atoms with Crippen molar-refractivity contribution in [2.24, 2.45) is 5.73 Å². The van der Waals surface area contributed by atoms with Gasteiger partial charge in [0.2, 0.25) is 0 Å². The highest BCUT2D eigenvalue weighted by Gasteiger charge is 2.07. The lowest BCUT2D eigenvalue weighted by molar-refractivity contribution is 0.0999. The average molecular weight is 248 g/mol. The van der Waals surface area contributed by atoms with Gasteiger partial charge in [-0.3, -0.25) is 4.79 Å². The van der Waals surface area contributed by atoms with Crippen molar-refractivity contribution >= 4 is 31.2 Å². The fraction of sp³-hybridized carbons (Fsp3) is 0. The van der Waals surface area contributed by atoms with Gasteiger partial charge in [0, 0.05) is 14.8 Å². The number of primary amides is 1. The lowest BCUT2D eigenvalue weighted by Gasteiger charge is -2.03. The molecule has 1 aromatic carbocycles. The maximum atomic E-state index is 10.8. The topological polar surface area (TPSA) is 52.3 Å². The summed E-state index contributed by atoms with van der Waals surface area (Å²) in [5.41, 5.74) is 5.48. The van der Waals surface area contributed by atoms with E-state index >= 15 is 0 Å². The molecule has 0 spiro atoms. The highest BCUT2D eigenvalue weighted by Crippen LogP contribution is 2.23. The third-order valence-corrected chi connectivity index (χ3v) is 1.91. The van der Waals surface area contributed by atoms with Gasteiger partial charge in [-0.15, -0.1) is 0 Å². The van der Waals surface area contributed by atoms with E-state index in [1.54, 1.807) is 24.3 Å². The van der Waals surface area contributed by atoms with Crippen LogP contribution in [0.2, 0.25) is 0 Å². The molecule has 0 atom stereocenters. The average Bonchev–Trinajstić information content (AvgIpc) is 2.05. The van der Waals surface area contributed by atoms with E-state index in [9.17, 15) is 4.79 Å². The van der Waals surface area contributed by atoms with E-state index in [1.165, 1.54) is 0 Å². The number of para-hydroxylation sites is 1. The first-order valence-electron chi connectivity index (χ1n) is 3.10. The summed E-state index contributed by atoms with van der Waals surface area (Å²) in [6, 6.07) is 6.78. The van der Waals surface area contributed by atoms with Gasteiger partial charge >= 0.3 is 0 Å². The van der Waals surface area contributed by atoms with E-state index in [1.807, 2.05) is 0 Å². The van der Waals surface area contributed by atoms with Gasteiger partial charge in [0.1, 0.15) is 10.5 Å². The molecule has 64 valence electrons. The summed E-state index contributed by atoms with van der Waals surface area (Å²) in [5.74, 6) is -0.0287. The van der Waals surface area contributed by atoms with E-state index in [0.29, 0.717) is 11.3 Å². The van der Waals surface area contributed by atoms with Gasteiger partial charge in [-0.2, -0.15) is 0 Å². The Morgan fingerprint density at radius 3 is 2.75 bits per heavy atom. The molecule has 0 aliphatic heterocycles. The van der Waals surface area contributed by atoms with Crippen LogP contribution < -0.4 is 9.92 Å². The van der Waals surface area contributed by atoms with E-state index in [-0.39, 0.29) is 0 Å². The van der Waals surface area contributed by atoms with Gasteiger partial charge in [0.15, 0.2) is 5.75 Å². The molecule has 12 heavy (non-hydrogen) atoms. The molecule has 0 unspecified atom stereocenters. The predicted octanol–water partition coefficient (Wildman–Crippen LogP) is 2.12. The zero-order valence-corrected chi connectivity index (χ0v) is 8.39. The van der Waals surface area contributed by atoms with Gasteiger partial charge < -0.3 is 9.92 Å². The first-order valence-corrected chi connectivity index (χ1v) is 5.68. The molecule has 5 heteroatoms. The van der Waals surface area contributed by atoms with Crippen LogP contribution >= 0.6 is 25.3 Å². The minimum Gasteiger partial charge on any atom is -0.413 e. The van der Waals surface area contributed by atoms with Crippen LogP contribution in [0.1, 0.15) is 10.4 Å². The Bertz CT molecular complexity index is 292. The highest BCUT2D eigenvalue weighted by molar-refractivity contribution is 9.49. The first-order chi connectivity index (χ1) is 5.75. The molecule has 0 fully saturated rings. The quantitative estimate of drug-likeness (QED) is 0.833. The van der Waals surface area contributed by atoms with Crippen LogP contribution in [0.5, 0.6) is 5.75 Å². The molecule has 0 heterocycles. The fourth-order valence-electron chi connectivity index (χ4n) is 0.777. The molecule has 0 saturated carbocycles. The van der Waals surface area contributed by atoms with Gasteiger partial charge in [-0.25, -0.2) is 0 Å². The van der Waals surface area contributed by atoms with Gasteiger partial charge in [-0.05, 0) is 12.1 Å². The third-order valence-electron chi connectivity index (χ3n) is 1.27. The number of amides is 1. The minimum atomic E-state index is -0.493. The molecule has 0 bridgehead atoms. The Balaban J connectivity index is 3.00. The zero-order chi connectivity index (χ0) is 8.97. The summed E-state index contributed by atoms with van der Waals surface area (Å²) in [5, 5.41) is 0. The molecule has 0 saturated heterocycles. The van der Waals surface area contributed by atoms with Crippen molar-refractivity contribution < 1.29 is 8.98 Å². The molecule has 0 aliphatic rings. The van der Waals surface area contributed by atoms with Crippen molar-refractivity contribution in [1.29, 1.82) is 0 Å². The van der Waals surface area contributed by atoms with Gasteiger partial charge in [0.25, 0.3) is 5.91 Å². The Kier molecular flexibility index (Phi) is 3.43. The lowest BCUT2D eigenvalue weighted by atomic mass is 10.2. The number of hydrogen-bond donors (Lipinski definition) is 1. The summed E-state index contributed by atoms with van der Waals surface area (Å²) in [7, 11) is 0.991. The van der Waals surface area contributed by atoms with Gasteiger partial charge in [0.05, 0.1) is 5.56 Å². The molecule has 1 rings (SSSR count). The monoisotopic (exact) mass is 247 g/mol. The maximum Gasteiger partial charge on any atom is 0.252 e. The molecular formula is C7H6BrNO2S. The molecule has 0 aliphatic carbocycles. The van der Waals surface area contributed by atoms with E-state index in [2.05, 4.69) is 14.8 Å². The molecule has 1 amide bonds. The number of rotatable bonds is 3. The Morgan fingerprint density at radius 2 is 2.17 bits per heavy atom. The summed E-state index contributed by atoms with van der Waals surface area (Å²) < 4.78 is 5.03. The summed E-state index contributed by atoms with van der Waals surface area (Å²) >= 11 is 3.01. The van der Waals surface area contributed by atoms with Crippen LogP contribution in [-0.2, 0) is 0 Å². The standard InChI is InChI=1S/C7H6BrNO2S/c8-12-11-6-4-2-1-3-5(6)7(9)10/h1-4H,(H2,9,10). The summed E-state index contributed by atoms with van der Waals surface area (Å²) in [6.07, 6.45) is 0. The fourth-order valence-corrected chi connectivity index (χ4v) is 1.42. The number of hydrogen-bond acceptors (Lipinski definition) is 3. The second-order valence-electron chi connectivity index (χ2n) is 2.01. The zero-order valence-electron chi connectivity index (χ0n) is 5.99. The second-order valence-corrected chi connectivity index (χ2v) is 3.09. The molecule has 2 N–H and O–H groups in total. The number of carbonyl (C=O) groups excluding carboxylic acids is 1. The van der Waals surface area contributed by atoms with Crippen LogP contribution in [0.3, 0.4) is 0 Å². The number of halogens is 1. The van der Waals surface area contributed by atoms with Crippen molar-refractivity contribution in [3.05, 3.63) is 29.8 Å². The number of nitrogens with two attached hydrogens (primary N) is 1. The van der Waals surface area contributed by atoms with Crippen molar-refractivity contribution in [3.8, 4) is 5.75 Å². The highest BCUT2D eigenvalue weighted by atomic mass is 79.9. The molecule has 1 aromatic rings. The third kappa shape index (κ3) is 2.15. The smallest absolute Gasteiger partial charge is 0.252 e.